The summed E-state index contributed by atoms with van der Waals surface area (Å²) in [6.45, 7) is 2.57. The Morgan fingerprint density at radius 2 is 2.35 bits per heavy atom. The molecule has 0 aliphatic carbocycles. The van der Waals surface area contributed by atoms with E-state index in [4.69, 9.17) is 10.5 Å². The zero-order valence-electron chi connectivity index (χ0n) is 12.0. The number of nitrogens with zero attached hydrogens (tertiary/aromatic N) is 2. The highest BCUT2D eigenvalue weighted by atomic mass is 16.5. The lowest BCUT2D eigenvalue weighted by Crippen LogP contribution is -2.40. The average Bonchev–Trinajstić information content (AvgIpc) is 2.49. The number of methoxy groups -OCH3 is 1. The lowest BCUT2D eigenvalue weighted by Gasteiger charge is -2.35. The molecular formula is C15H23N3O2. The molecule has 2 heterocycles. The van der Waals surface area contributed by atoms with Crippen LogP contribution in [-0.4, -0.2) is 42.1 Å². The first-order valence-corrected chi connectivity index (χ1v) is 7.23. The van der Waals surface area contributed by atoms with E-state index < -0.39 is 0 Å². The van der Waals surface area contributed by atoms with Gasteiger partial charge in [0, 0.05) is 12.6 Å². The van der Waals surface area contributed by atoms with E-state index in [1.807, 2.05) is 12.1 Å². The Morgan fingerprint density at radius 3 is 3.10 bits per heavy atom. The van der Waals surface area contributed by atoms with Crippen LogP contribution in [0, 0.1) is 0 Å². The predicted molar refractivity (Wildman–Crippen MR) is 77.3 cm³/mol. The van der Waals surface area contributed by atoms with Gasteiger partial charge in [-0.25, -0.2) is 9.78 Å². The number of nitrogens with two attached hydrogens (primary N) is 1. The summed E-state index contributed by atoms with van der Waals surface area (Å²) in [5.41, 5.74) is 6.98. The predicted octanol–water partition coefficient (Wildman–Crippen LogP) is 1.57. The van der Waals surface area contributed by atoms with Gasteiger partial charge in [-0.2, -0.15) is 0 Å². The fraction of sp³-hybridized carbons (Fsp3) is 0.600. The Morgan fingerprint density at radius 1 is 1.50 bits per heavy atom. The quantitative estimate of drug-likeness (QED) is 0.827. The highest BCUT2D eigenvalue weighted by Gasteiger charge is 2.22. The number of carbonyl (C=O) groups is 1. The molecule has 0 bridgehead atoms. The van der Waals surface area contributed by atoms with E-state index in [2.05, 4.69) is 9.88 Å². The Hall–Kier alpha value is -1.46. The Kier molecular flexibility index (Phi) is 5.49. The third kappa shape index (κ3) is 3.77. The Labute approximate surface area is 120 Å². The second-order valence-electron chi connectivity index (χ2n) is 5.20. The van der Waals surface area contributed by atoms with Crippen LogP contribution in [0.2, 0.25) is 0 Å². The summed E-state index contributed by atoms with van der Waals surface area (Å²) in [4.78, 5) is 18.3. The van der Waals surface area contributed by atoms with Crippen LogP contribution < -0.4 is 5.73 Å². The normalized spacial score (nSPS) is 19.8. The number of likely N-dealkylation sites (tertiary alicyclic amines) is 1. The first-order valence-electron chi connectivity index (χ1n) is 7.23. The molecule has 1 saturated heterocycles. The Balaban J connectivity index is 2.06. The summed E-state index contributed by atoms with van der Waals surface area (Å²) >= 11 is 0. The van der Waals surface area contributed by atoms with Gasteiger partial charge < -0.3 is 10.5 Å². The van der Waals surface area contributed by atoms with Crippen molar-refractivity contribution in [2.24, 2.45) is 5.73 Å². The molecule has 0 spiro atoms. The molecule has 1 unspecified atom stereocenters. The zero-order chi connectivity index (χ0) is 14.4. The van der Waals surface area contributed by atoms with Gasteiger partial charge in [0.05, 0.1) is 12.8 Å². The van der Waals surface area contributed by atoms with E-state index in [0.717, 1.165) is 31.7 Å². The summed E-state index contributed by atoms with van der Waals surface area (Å²) < 4.78 is 4.71. The van der Waals surface area contributed by atoms with Gasteiger partial charge in [-0.1, -0.05) is 12.5 Å². The summed E-state index contributed by atoms with van der Waals surface area (Å²) in [5, 5.41) is 0. The molecule has 0 amide bonds. The number of piperidine rings is 1. The van der Waals surface area contributed by atoms with Crippen molar-refractivity contribution in [3.8, 4) is 0 Å². The molecule has 1 aromatic rings. The van der Waals surface area contributed by atoms with Crippen molar-refractivity contribution in [3.05, 3.63) is 29.6 Å². The van der Waals surface area contributed by atoms with Crippen molar-refractivity contribution in [3.63, 3.8) is 0 Å². The molecule has 1 aliphatic rings. The topological polar surface area (TPSA) is 68.5 Å². The van der Waals surface area contributed by atoms with E-state index in [0.29, 0.717) is 11.7 Å². The van der Waals surface area contributed by atoms with Crippen molar-refractivity contribution in [1.29, 1.82) is 0 Å². The van der Waals surface area contributed by atoms with Crippen molar-refractivity contribution < 1.29 is 9.53 Å². The lowest BCUT2D eigenvalue weighted by atomic mass is 9.99. The summed E-state index contributed by atoms with van der Waals surface area (Å²) in [7, 11) is 1.37. The molecule has 0 aromatic carbocycles. The molecule has 1 fully saturated rings. The number of hydrogen-bond donors (Lipinski definition) is 1. The van der Waals surface area contributed by atoms with Gasteiger partial charge in [-0.3, -0.25) is 4.90 Å². The third-order valence-electron chi connectivity index (χ3n) is 3.82. The maximum atomic E-state index is 11.5. The number of ether oxygens (including phenoxy) is 1. The molecule has 2 N–H and O–H groups in total. The minimum atomic E-state index is -0.385. The summed E-state index contributed by atoms with van der Waals surface area (Å²) in [6, 6.07) is 6.04. The molecule has 1 atom stereocenters. The Bertz CT molecular complexity index is 448. The third-order valence-corrected chi connectivity index (χ3v) is 3.82. The van der Waals surface area contributed by atoms with Crippen molar-refractivity contribution >= 4 is 5.97 Å². The van der Waals surface area contributed by atoms with Crippen molar-refractivity contribution in [2.45, 2.75) is 38.3 Å². The SMILES string of the molecule is COC(=O)c1cccc(CN2CCCCC2CCN)n1. The smallest absolute Gasteiger partial charge is 0.356 e. The molecule has 5 nitrogen and oxygen atoms in total. The van der Waals surface area contributed by atoms with E-state index in [1.54, 1.807) is 6.07 Å². The van der Waals surface area contributed by atoms with Gasteiger partial charge in [0.2, 0.25) is 0 Å². The molecule has 1 aliphatic heterocycles. The zero-order valence-corrected chi connectivity index (χ0v) is 12.0. The molecule has 2 rings (SSSR count). The number of esters is 1. The van der Waals surface area contributed by atoms with Gasteiger partial charge in [0.25, 0.3) is 0 Å². The fourth-order valence-corrected chi connectivity index (χ4v) is 2.78. The maximum Gasteiger partial charge on any atom is 0.356 e. The van der Waals surface area contributed by atoms with Gasteiger partial charge in [-0.15, -0.1) is 0 Å². The number of pyridine rings is 1. The van der Waals surface area contributed by atoms with Crippen LogP contribution in [0.25, 0.3) is 0 Å². The monoisotopic (exact) mass is 277 g/mol. The van der Waals surface area contributed by atoms with Crippen LogP contribution in [-0.2, 0) is 11.3 Å². The number of hydrogen-bond acceptors (Lipinski definition) is 5. The fourth-order valence-electron chi connectivity index (χ4n) is 2.78. The van der Waals surface area contributed by atoms with Crippen LogP contribution in [0.5, 0.6) is 0 Å². The van der Waals surface area contributed by atoms with Crippen molar-refractivity contribution in [1.82, 2.24) is 9.88 Å². The minimum Gasteiger partial charge on any atom is -0.464 e. The molecular weight excluding hydrogens is 254 g/mol. The molecule has 0 radical (unpaired) electrons. The minimum absolute atomic E-state index is 0.373. The van der Waals surface area contributed by atoms with Crippen LogP contribution in [0.1, 0.15) is 41.9 Å². The van der Waals surface area contributed by atoms with Gasteiger partial charge in [0.15, 0.2) is 0 Å². The van der Waals surface area contributed by atoms with Crippen LogP contribution >= 0.6 is 0 Å². The van der Waals surface area contributed by atoms with Crippen LogP contribution in [0.3, 0.4) is 0 Å². The van der Waals surface area contributed by atoms with Gasteiger partial charge in [-0.05, 0) is 44.5 Å². The maximum absolute atomic E-state index is 11.5. The number of carbonyl (C=O) groups excluding carboxylic acids is 1. The first kappa shape index (κ1) is 14.9. The highest BCUT2D eigenvalue weighted by Crippen LogP contribution is 2.21. The summed E-state index contributed by atoms with van der Waals surface area (Å²) in [5.74, 6) is -0.385. The lowest BCUT2D eigenvalue weighted by molar-refractivity contribution is 0.0593. The van der Waals surface area contributed by atoms with E-state index in [9.17, 15) is 4.79 Å². The summed E-state index contributed by atoms with van der Waals surface area (Å²) in [6.07, 6.45) is 4.72. The van der Waals surface area contributed by atoms with Crippen molar-refractivity contribution in [2.75, 3.05) is 20.2 Å². The standard InChI is InChI=1S/C15H23N3O2/c1-20-15(19)14-7-4-5-12(17-14)11-18-10-3-2-6-13(18)8-9-16/h4-5,7,13H,2-3,6,8-11,16H2,1H3. The van der Waals surface area contributed by atoms with E-state index in [1.165, 1.54) is 26.4 Å². The second-order valence-corrected chi connectivity index (χ2v) is 5.20. The number of aromatic nitrogens is 1. The molecule has 5 heteroatoms. The van der Waals surface area contributed by atoms with Crippen LogP contribution in [0.15, 0.2) is 18.2 Å². The average molecular weight is 277 g/mol. The highest BCUT2D eigenvalue weighted by molar-refractivity contribution is 5.87. The number of rotatable bonds is 5. The second kappa shape index (κ2) is 7.36. The molecule has 1 aromatic heterocycles. The van der Waals surface area contributed by atoms with Crippen LogP contribution in [0.4, 0.5) is 0 Å². The van der Waals surface area contributed by atoms with Gasteiger partial charge in [0.1, 0.15) is 5.69 Å². The first-order chi connectivity index (χ1) is 9.74. The molecule has 20 heavy (non-hydrogen) atoms. The van der Waals surface area contributed by atoms with E-state index >= 15 is 0 Å². The van der Waals surface area contributed by atoms with E-state index in [-0.39, 0.29) is 5.97 Å². The largest absolute Gasteiger partial charge is 0.464 e. The molecule has 0 saturated carbocycles. The van der Waals surface area contributed by atoms with Gasteiger partial charge >= 0.3 is 5.97 Å². The molecule has 110 valence electrons.